The van der Waals surface area contributed by atoms with Crippen LogP contribution in [0.5, 0.6) is 0 Å². The summed E-state index contributed by atoms with van der Waals surface area (Å²) in [7, 11) is 3.13. The number of hydroxylamine groups is 3. The standard InChI is InChI=1S/C5H10N4O2/c1-6-4-3-8(10)5(7-2)9(4)11/h3,6-7,9H,1-2H3. The third kappa shape index (κ3) is 1.13. The van der Waals surface area contributed by atoms with Gasteiger partial charge in [0.15, 0.2) is 6.20 Å². The fraction of sp³-hybridized carbons (Fsp3) is 0.400. The third-order valence-electron chi connectivity index (χ3n) is 1.43. The van der Waals surface area contributed by atoms with Crippen LogP contribution in [0.1, 0.15) is 0 Å². The van der Waals surface area contributed by atoms with Gasteiger partial charge in [-0.1, -0.05) is 0 Å². The maximum absolute atomic E-state index is 11.1. The first-order valence-corrected chi connectivity index (χ1v) is 3.16. The van der Waals surface area contributed by atoms with Gasteiger partial charge in [0.25, 0.3) is 5.82 Å². The number of quaternary nitrogens is 1. The summed E-state index contributed by atoms with van der Waals surface area (Å²) in [5.74, 6) is 0.360. The molecule has 0 saturated carbocycles. The van der Waals surface area contributed by atoms with Gasteiger partial charge in [0, 0.05) is 7.05 Å². The monoisotopic (exact) mass is 158 g/mol. The van der Waals surface area contributed by atoms with E-state index in [0.717, 1.165) is 0 Å². The average molecular weight is 158 g/mol. The zero-order valence-electron chi connectivity index (χ0n) is 6.34. The van der Waals surface area contributed by atoms with E-state index in [1.165, 1.54) is 13.2 Å². The van der Waals surface area contributed by atoms with E-state index in [1.807, 2.05) is 0 Å². The molecule has 6 heteroatoms. The highest BCUT2D eigenvalue weighted by Crippen LogP contribution is 1.85. The molecule has 0 fully saturated rings. The third-order valence-corrected chi connectivity index (χ3v) is 1.43. The van der Waals surface area contributed by atoms with Crippen molar-refractivity contribution in [1.82, 2.24) is 10.6 Å². The molecule has 0 saturated heterocycles. The van der Waals surface area contributed by atoms with E-state index in [1.54, 1.807) is 7.05 Å². The summed E-state index contributed by atoms with van der Waals surface area (Å²) in [5.41, 5.74) is 0. The predicted octanol–water partition coefficient (Wildman–Crippen LogP) is -2.51. The molecular weight excluding hydrogens is 148 g/mol. The lowest BCUT2D eigenvalue weighted by molar-refractivity contribution is -0.719. The summed E-state index contributed by atoms with van der Waals surface area (Å²) in [6.07, 6.45) is 1.20. The smallest absolute Gasteiger partial charge is 0.456 e. The topological polar surface area (TPSA) is 77.6 Å². The Morgan fingerprint density at radius 1 is 1.45 bits per heavy atom. The molecule has 6 nitrogen and oxygen atoms in total. The van der Waals surface area contributed by atoms with Crippen LogP contribution < -0.4 is 15.7 Å². The van der Waals surface area contributed by atoms with Crippen LogP contribution in [-0.4, -0.2) is 24.8 Å². The molecule has 0 bridgehead atoms. The van der Waals surface area contributed by atoms with Gasteiger partial charge in [0.2, 0.25) is 0 Å². The minimum Gasteiger partial charge on any atom is -0.706 e. The summed E-state index contributed by atoms with van der Waals surface area (Å²) >= 11 is 0. The van der Waals surface area contributed by atoms with Gasteiger partial charge in [0.1, 0.15) is 0 Å². The molecule has 1 atom stereocenters. The van der Waals surface area contributed by atoms with Gasteiger partial charge >= 0.3 is 5.96 Å². The maximum Gasteiger partial charge on any atom is 0.456 e. The minimum absolute atomic E-state index is 0.0503. The van der Waals surface area contributed by atoms with E-state index in [2.05, 4.69) is 10.6 Å². The highest BCUT2D eigenvalue weighted by molar-refractivity contribution is 5.67. The van der Waals surface area contributed by atoms with Gasteiger partial charge in [0.05, 0.1) is 7.05 Å². The van der Waals surface area contributed by atoms with Gasteiger partial charge in [-0.2, -0.15) is 4.74 Å². The van der Waals surface area contributed by atoms with Crippen molar-refractivity contribution < 1.29 is 9.80 Å². The van der Waals surface area contributed by atoms with Crippen molar-refractivity contribution in [2.45, 2.75) is 0 Å². The molecule has 0 amide bonds. The molecule has 0 aromatic rings. The molecule has 0 spiro atoms. The van der Waals surface area contributed by atoms with Crippen LogP contribution >= 0.6 is 0 Å². The van der Waals surface area contributed by atoms with Crippen molar-refractivity contribution in [3.63, 3.8) is 0 Å². The summed E-state index contributed by atoms with van der Waals surface area (Å²) in [6, 6.07) is 0. The number of rotatable bonds is 1. The summed E-state index contributed by atoms with van der Waals surface area (Å²) in [4.78, 5) is 0. The Kier molecular flexibility index (Phi) is 1.97. The Balaban J connectivity index is 2.82. The highest BCUT2D eigenvalue weighted by Gasteiger charge is 2.26. The largest absolute Gasteiger partial charge is 0.706 e. The lowest BCUT2D eigenvalue weighted by atomic mass is 10.7. The van der Waals surface area contributed by atoms with E-state index in [0.29, 0.717) is 10.6 Å². The zero-order chi connectivity index (χ0) is 8.43. The quantitative estimate of drug-likeness (QED) is 0.291. The van der Waals surface area contributed by atoms with Crippen molar-refractivity contribution >= 4 is 5.96 Å². The lowest BCUT2D eigenvalue weighted by Gasteiger charge is -2.14. The van der Waals surface area contributed by atoms with Crippen LogP contribution in [0.2, 0.25) is 0 Å². The van der Waals surface area contributed by atoms with Gasteiger partial charge in [-0.15, -0.1) is 0 Å². The number of hydrogen-bond donors (Lipinski definition) is 3. The molecule has 1 unspecified atom stereocenters. The molecule has 1 heterocycles. The number of guanidine groups is 1. The molecule has 1 aliphatic heterocycles. The molecule has 3 N–H and O–H groups in total. The Morgan fingerprint density at radius 2 is 2.09 bits per heavy atom. The second-order valence-electron chi connectivity index (χ2n) is 2.05. The SMILES string of the molecule is CNC1=C[N+]([O-])=C(NC)[NH+]1[O-]. The van der Waals surface area contributed by atoms with Gasteiger partial charge in [-0.3, -0.25) is 0 Å². The van der Waals surface area contributed by atoms with Crippen molar-refractivity contribution in [2.24, 2.45) is 0 Å². The number of hydrogen-bond acceptors (Lipinski definition) is 4. The van der Waals surface area contributed by atoms with E-state index in [4.69, 9.17) is 0 Å². The van der Waals surface area contributed by atoms with Crippen molar-refractivity contribution in [2.75, 3.05) is 14.1 Å². The van der Waals surface area contributed by atoms with E-state index in [-0.39, 0.29) is 11.0 Å². The first kappa shape index (κ1) is 7.83. The molecule has 0 radical (unpaired) electrons. The fourth-order valence-electron chi connectivity index (χ4n) is 0.870. The molecule has 1 rings (SSSR count). The van der Waals surface area contributed by atoms with Gasteiger partial charge in [-0.05, 0) is 0 Å². The zero-order valence-corrected chi connectivity index (χ0v) is 6.34. The predicted molar refractivity (Wildman–Crippen MR) is 39.2 cm³/mol. The first-order chi connectivity index (χ1) is 5.20. The Labute approximate surface area is 64.0 Å². The molecule has 62 valence electrons. The van der Waals surface area contributed by atoms with Crippen molar-refractivity contribution in [3.8, 4) is 0 Å². The van der Waals surface area contributed by atoms with Crippen molar-refractivity contribution in [3.05, 3.63) is 22.4 Å². The van der Waals surface area contributed by atoms with E-state index in [9.17, 15) is 10.4 Å². The van der Waals surface area contributed by atoms with E-state index < -0.39 is 0 Å². The Morgan fingerprint density at radius 3 is 2.36 bits per heavy atom. The molecule has 0 aromatic carbocycles. The molecule has 11 heavy (non-hydrogen) atoms. The average Bonchev–Trinajstić information content (AvgIpc) is 2.26. The van der Waals surface area contributed by atoms with Crippen LogP contribution in [0.4, 0.5) is 0 Å². The second-order valence-corrected chi connectivity index (χ2v) is 2.05. The fourth-order valence-corrected chi connectivity index (χ4v) is 0.870. The Hall–Kier alpha value is -1.27. The second kappa shape index (κ2) is 2.77. The van der Waals surface area contributed by atoms with Crippen LogP contribution in [0.15, 0.2) is 12.0 Å². The number of nitrogens with zero attached hydrogens (tertiary/aromatic N) is 1. The summed E-state index contributed by atoms with van der Waals surface area (Å²) in [6.45, 7) is 0. The Bertz CT molecular complexity index is 223. The van der Waals surface area contributed by atoms with Crippen LogP contribution in [-0.2, 0) is 0 Å². The van der Waals surface area contributed by atoms with Gasteiger partial charge in [-0.25, -0.2) is 10.4 Å². The first-order valence-electron chi connectivity index (χ1n) is 3.16. The highest BCUT2D eigenvalue weighted by atomic mass is 16.5. The molecule has 0 aromatic heterocycles. The molecular formula is C5H10N4O2. The summed E-state index contributed by atoms with van der Waals surface area (Å²) in [5, 5.41) is 26.8. The summed E-state index contributed by atoms with van der Waals surface area (Å²) < 4.78 is 0.508. The van der Waals surface area contributed by atoms with E-state index >= 15 is 0 Å². The van der Waals surface area contributed by atoms with Crippen LogP contribution in [0.3, 0.4) is 0 Å². The lowest BCUT2D eigenvalue weighted by Crippen LogP contribution is -3.10. The molecule has 1 aliphatic rings. The molecule has 0 aliphatic carbocycles. The van der Waals surface area contributed by atoms with Crippen LogP contribution in [0.25, 0.3) is 0 Å². The van der Waals surface area contributed by atoms with Crippen molar-refractivity contribution in [1.29, 1.82) is 0 Å². The number of nitrogens with one attached hydrogen (secondary N) is 3. The van der Waals surface area contributed by atoms with Gasteiger partial charge < -0.3 is 15.7 Å². The maximum atomic E-state index is 11.1. The van der Waals surface area contributed by atoms with Crippen LogP contribution in [0, 0.1) is 10.4 Å². The normalized spacial score (nSPS) is 23.5. The minimum atomic E-state index is -0.301.